The highest BCUT2D eigenvalue weighted by atomic mass is 32.1. The molecule has 9 heteroatoms. The van der Waals surface area contributed by atoms with Gasteiger partial charge in [0.1, 0.15) is 25.2 Å². The highest BCUT2D eigenvalue weighted by molar-refractivity contribution is 7.13. The first kappa shape index (κ1) is 14.5. The molecule has 0 bridgehead atoms. The molecule has 1 aliphatic rings. The average Bonchev–Trinajstić information content (AvgIpc) is 3.11. The molecule has 122 valence electrons. The zero-order valence-corrected chi connectivity index (χ0v) is 13.3. The molecular weight excluding hydrogens is 328 g/mol. The SMILES string of the molecule is Nc1c(Nc2ccc3c(c2)OCCO3)ncnc1Nc1nccs1. The summed E-state index contributed by atoms with van der Waals surface area (Å²) in [5, 5.41) is 8.83. The van der Waals surface area contributed by atoms with Gasteiger partial charge in [0, 0.05) is 23.3 Å². The summed E-state index contributed by atoms with van der Waals surface area (Å²) in [6.45, 7) is 1.10. The van der Waals surface area contributed by atoms with Gasteiger partial charge in [0.25, 0.3) is 0 Å². The van der Waals surface area contributed by atoms with Crippen LogP contribution >= 0.6 is 11.3 Å². The van der Waals surface area contributed by atoms with Crippen LogP contribution in [0.3, 0.4) is 0 Å². The van der Waals surface area contributed by atoms with Crippen LogP contribution in [-0.2, 0) is 0 Å². The van der Waals surface area contributed by atoms with Gasteiger partial charge in [-0.25, -0.2) is 15.0 Å². The fourth-order valence-corrected chi connectivity index (χ4v) is 2.77. The van der Waals surface area contributed by atoms with Crippen molar-refractivity contribution < 1.29 is 9.47 Å². The van der Waals surface area contributed by atoms with Crippen LogP contribution in [0.25, 0.3) is 0 Å². The molecule has 1 aromatic carbocycles. The Bertz CT molecular complexity index is 855. The van der Waals surface area contributed by atoms with Crippen LogP contribution in [0, 0.1) is 0 Å². The minimum atomic E-state index is 0.405. The molecule has 4 N–H and O–H groups in total. The van der Waals surface area contributed by atoms with E-state index in [2.05, 4.69) is 25.6 Å². The number of nitrogens with one attached hydrogen (secondary N) is 2. The van der Waals surface area contributed by atoms with Crippen molar-refractivity contribution in [2.75, 3.05) is 29.6 Å². The van der Waals surface area contributed by atoms with Gasteiger partial charge in [-0.15, -0.1) is 11.3 Å². The number of fused-ring (bicyclic) bond motifs is 1. The number of nitrogens with two attached hydrogens (primary N) is 1. The van der Waals surface area contributed by atoms with Gasteiger partial charge in [-0.3, -0.25) is 0 Å². The van der Waals surface area contributed by atoms with Crippen LogP contribution in [0.5, 0.6) is 11.5 Å². The van der Waals surface area contributed by atoms with E-state index in [1.807, 2.05) is 23.6 Å². The van der Waals surface area contributed by atoms with E-state index in [1.165, 1.54) is 17.7 Å². The van der Waals surface area contributed by atoms with E-state index in [0.29, 0.717) is 41.4 Å². The molecule has 0 saturated heterocycles. The molecular formula is C15H14N6O2S. The Morgan fingerprint density at radius 2 is 1.79 bits per heavy atom. The third-order valence-corrected chi connectivity index (χ3v) is 4.04. The fraction of sp³-hybridized carbons (Fsp3) is 0.133. The molecule has 0 aliphatic carbocycles. The molecule has 0 amide bonds. The Kier molecular flexibility index (Phi) is 3.75. The Morgan fingerprint density at radius 3 is 2.58 bits per heavy atom. The lowest BCUT2D eigenvalue weighted by molar-refractivity contribution is 0.171. The average molecular weight is 342 g/mol. The lowest BCUT2D eigenvalue weighted by Crippen LogP contribution is -2.15. The molecule has 3 heterocycles. The van der Waals surface area contributed by atoms with Crippen LogP contribution < -0.4 is 25.8 Å². The Hall–Kier alpha value is -3.07. The van der Waals surface area contributed by atoms with Gasteiger partial charge < -0.3 is 25.8 Å². The van der Waals surface area contributed by atoms with Crippen molar-refractivity contribution in [1.82, 2.24) is 15.0 Å². The second-order valence-electron chi connectivity index (χ2n) is 4.93. The zero-order valence-electron chi connectivity index (χ0n) is 12.5. The summed E-state index contributed by atoms with van der Waals surface area (Å²) in [4.78, 5) is 12.5. The third-order valence-electron chi connectivity index (χ3n) is 3.35. The van der Waals surface area contributed by atoms with Gasteiger partial charge in [0.15, 0.2) is 28.3 Å². The summed E-state index contributed by atoms with van der Waals surface area (Å²) >= 11 is 1.46. The summed E-state index contributed by atoms with van der Waals surface area (Å²) < 4.78 is 11.1. The van der Waals surface area contributed by atoms with Crippen LogP contribution in [0.15, 0.2) is 36.1 Å². The van der Waals surface area contributed by atoms with E-state index in [4.69, 9.17) is 15.2 Å². The molecule has 0 fully saturated rings. The molecule has 3 aromatic rings. The molecule has 0 saturated carbocycles. The number of nitrogens with zero attached hydrogens (tertiary/aromatic N) is 3. The Morgan fingerprint density at radius 1 is 1.00 bits per heavy atom. The van der Waals surface area contributed by atoms with Crippen LogP contribution in [0.1, 0.15) is 0 Å². The predicted octanol–water partition coefficient (Wildman–Crippen LogP) is 2.77. The van der Waals surface area contributed by atoms with Gasteiger partial charge in [-0.2, -0.15) is 0 Å². The second-order valence-corrected chi connectivity index (χ2v) is 5.82. The zero-order chi connectivity index (χ0) is 16.4. The molecule has 4 rings (SSSR count). The number of benzene rings is 1. The van der Waals surface area contributed by atoms with E-state index in [1.54, 1.807) is 6.20 Å². The van der Waals surface area contributed by atoms with Gasteiger partial charge in [-0.1, -0.05) is 0 Å². The molecule has 0 unspecified atom stereocenters. The molecule has 2 aromatic heterocycles. The number of nitrogen functional groups attached to an aromatic ring is 1. The van der Waals surface area contributed by atoms with Crippen LogP contribution in [-0.4, -0.2) is 28.2 Å². The van der Waals surface area contributed by atoms with Gasteiger partial charge in [0.2, 0.25) is 0 Å². The van der Waals surface area contributed by atoms with Crippen molar-refractivity contribution >= 4 is 39.5 Å². The summed E-state index contributed by atoms with van der Waals surface area (Å²) in [5.74, 6) is 2.43. The molecule has 0 radical (unpaired) electrons. The highest BCUT2D eigenvalue weighted by Crippen LogP contribution is 2.35. The van der Waals surface area contributed by atoms with E-state index in [9.17, 15) is 0 Å². The number of hydrogen-bond donors (Lipinski definition) is 3. The molecule has 8 nitrogen and oxygen atoms in total. The lowest BCUT2D eigenvalue weighted by atomic mass is 10.2. The largest absolute Gasteiger partial charge is 0.486 e. The first-order valence-electron chi connectivity index (χ1n) is 7.23. The number of thiazole rings is 1. The molecule has 1 aliphatic heterocycles. The second kappa shape index (κ2) is 6.20. The number of hydrogen-bond acceptors (Lipinski definition) is 9. The quantitative estimate of drug-likeness (QED) is 0.664. The maximum absolute atomic E-state index is 6.16. The number of aromatic nitrogens is 3. The van der Waals surface area contributed by atoms with Gasteiger partial charge in [0.05, 0.1) is 0 Å². The predicted molar refractivity (Wildman–Crippen MR) is 92.6 cm³/mol. The fourth-order valence-electron chi connectivity index (χ4n) is 2.24. The maximum atomic E-state index is 6.16. The topological polar surface area (TPSA) is 107 Å². The van der Waals surface area contributed by atoms with Crippen molar-refractivity contribution in [3.05, 3.63) is 36.1 Å². The summed E-state index contributed by atoms with van der Waals surface area (Å²) in [6, 6.07) is 5.58. The molecule has 24 heavy (non-hydrogen) atoms. The van der Waals surface area contributed by atoms with Gasteiger partial charge >= 0.3 is 0 Å². The number of anilines is 5. The van der Waals surface area contributed by atoms with E-state index < -0.39 is 0 Å². The van der Waals surface area contributed by atoms with Crippen LogP contribution in [0.2, 0.25) is 0 Å². The maximum Gasteiger partial charge on any atom is 0.188 e. The van der Waals surface area contributed by atoms with Crippen molar-refractivity contribution in [3.63, 3.8) is 0 Å². The lowest BCUT2D eigenvalue weighted by Gasteiger charge is -2.19. The molecule has 0 spiro atoms. The van der Waals surface area contributed by atoms with Crippen molar-refractivity contribution in [2.24, 2.45) is 0 Å². The molecule has 0 atom stereocenters. The first-order chi connectivity index (χ1) is 11.8. The minimum absolute atomic E-state index is 0.405. The standard InChI is InChI=1S/C15H14N6O2S/c16-12-13(18-8-19-14(12)21-15-17-3-6-24-15)20-9-1-2-10-11(7-9)23-5-4-22-10/h1-3,6-8H,4-5,16H2,(H2,17,18,19,20,21). The normalized spacial score (nSPS) is 12.7. The minimum Gasteiger partial charge on any atom is -0.486 e. The first-order valence-corrected chi connectivity index (χ1v) is 8.11. The van der Waals surface area contributed by atoms with E-state index in [0.717, 1.165) is 11.4 Å². The van der Waals surface area contributed by atoms with Crippen molar-refractivity contribution in [3.8, 4) is 11.5 Å². The Labute approximate surface area is 141 Å². The number of ether oxygens (including phenoxy) is 2. The summed E-state index contributed by atoms with van der Waals surface area (Å²) in [6.07, 6.45) is 3.14. The van der Waals surface area contributed by atoms with E-state index in [-0.39, 0.29) is 0 Å². The monoisotopic (exact) mass is 342 g/mol. The van der Waals surface area contributed by atoms with Crippen LogP contribution in [0.4, 0.5) is 28.1 Å². The Balaban J connectivity index is 1.58. The summed E-state index contributed by atoms with van der Waals surface area (Å²) in [7, 11) is 0. The van der Waals surface area contributed by atoms with E-state index >= 15 is 0 Å². The highest BCUT2D eigenvalue weighted by Gasteiger charge is 2.14. The third kappa shape index (κ3) is 2.88. The van der Waals surface area contributed by atoms with Crippen molar-refractivity contribution in [1.29, 1.82) is 0 Å². The summed E-state index contributed by atoms with van der Waals surface area (Å²) in [5.41, 5.74) is 7.36. The smallest absolute Gasteiger partial charge is 0.188 e. The van der Waals surface area contributed by atoms with Crippen molar-refractivity contribution in [2.45, 2.75) is 0 Å². The number of rotatable bonds is 4. The van der Waals surface area contributed by atoms with Gasteiger partial charge in [-0.05, 0) is 12.1 Å².